The topological polar surface area (TPSA) is 108 Å². The monoisotopic (exact) mass is 354 g/mol. The van der Waals surface area contributed by atoms with E-state index < -0.39 is 30.3 Å². The number of hydrogen-bond acceptors (Lipinski definition) is 5. The zero-order chi connectivity index (χ0) is 17.9. The van der Waals surface area contributed by atoms with Crippen LogP contribution in [0.3, 0.4) is 0 Å². The van der Waals surface area contributed by atoms with Gasteiger partial charge in [-0.25, -0.2) is 4.79 Å². The molecule has 9 nitrogen and oxygen atoms in total. The molecule has 1 fully saturated rings. The van der Waals surface area contributed by atoms with Gasteiger partial charge >= 0.3 is 6.03 Å². The summed E-state index contributed by atoms with van der Waals surface area (Å²) < 4.78 is 5.04. The Labute approximate surface area is 142 Å². The molecule has 10 heteroatoms. The van der Waals surface area contributed by atoms with Crippen LogP contribution in [0, 0.1) is 0 Å². The second kappa shape index (κ2) is 7.18. The number of carbonyl (C=O) groups is 4. The smallest absolute Gasteiger partial charge is 0.327 e. The quantitative estimate of drug-likeness (QED) is 0.584. The van der Waals surface area contributed by atoms with E-state index in [4.69, 9.17) is 16.3 Å². The normalized spacial score (nSPS) is 14.0. The number of ether oxygens (including phenoxy) is 1. The first-order valence-electron chi connectivity index (χ1n) is 6.81. The van der Waals surface area contributed by atoms with Crippen molar-refractivity contribution < 1.29 is 23.9 Å². The molecule has 2 N–H and O–H groups in total. The third-order valence-corrected chi connectivity index (χ3v) is 3.49. The van der Waals surface area contributed by atoms with Crippen LogP contribution in [0.5, 0.6) is 5.75 Å². The van der Waals surface area contributed by atoms with Gasteiger partial charge in [-0.3, -0.25) is 30.1 Å². The van der Waals surface area contributed by atoms with Crippen LogP contribution in [0.4, 0.5) is 4.79 Å². The summed E-state index contributed by atoms with van der Waals surface area (Å²) >= 11 is 5.83. The molecular weight excluding hydrogens is 340 g/mol. The number of halogens is 1. The molecule has 1 saturated heterocycles. The molecule has 0 bridgehead atoms. The summed E-state index contributed by atoms with van der Waals surface area (Å²) in [5.74, 6) is -1.58. The number of nitrogens with zero attached hydrogens (tertiary/aromatic N) is 2. The van der Waals surface area contributed by atoms with E-state index in [9.17, 15) is 19.2 Å². The third-order valence-electron chi connectivity index (χ3n) is 3.25. The van der Waals surface area contributed by atoms with Crippen molar-refractivity contribution in [2.24, 2.45) is 0 Å². The molecule has 0 aliphatic carbocycles. The van der Waals surface area contributed by atoms with Crippen LogP contribution >= 0.6 is 11.6 Å². The Morgan fingerprint density at radius 3 is 2.58 bits per heavy atom. The van der Waals surface area contributed by atoms with Crippen molar-refractivity contribution in [3.63, 3.8) is 0 Å². The molecule has 1 aliphatic rings. The van der Waals surface area contributed by atoms with Gasteiger partial charge in [0.15, 0.2) is 0 Å². The summed E-state index contributed by atoms with van der Waals surface area (Å²) in [6.45, 7) is -0.576. The van der Waals surface area contributed by atoms with Crippen LogP contribution in [0.15, 0.2) is 18.2 Å². The Balaban J connectivity index is 1.95. The van der Waals surface area contributed by atoms with Gasteiger partial charge < -0.3 is 9.64 Å². The Hall–Kier alpha value is -2.81. The van der Waals surface area contributed by atoms with Crippen LogP contribution in [-0.2, 0) is 9.59 Å². The molecule has 0 saturated carbocycles. The van der Waals surface area contributed by atoms with Crippen LogP contribution in [0.2, 0.25) is 5.02 Å². The van der Waals surface area contributed by atoms with Crippen LogP contribution in [-0.4, -0.2) is 60.8 Å². The predicted molar refractivity (Wildman–Crippen MR) is 83.4 cm³/mol. The van der Waals surface area contributed by atoms with E-state index >= 15 is 0 Å². The zero-order valence-corrected chi connectivity index (χ0v) is 13.7. The fourth-order valence-electron chi connectivity index (χ4n) is 2.06. The molecule has 0 unspecified atom stereocenters. The lowest BCUT2D eigenvalue weighted by Gasteiger charge is -2.14. The molecule has 1 aromatic carbocycles. The molecule has 0 atom stereocenters. The van der Waals surface area contributed by atoms with Gasteiger partial charge in [0.05, 0.1) is 12.7 Å². The summed E-state index contributed by atoms with van der Waals surface area (Å²) in [5, 5.41) is 0.323. The van der Waals surface area contributed by atoms with Gasteiger partial charge in [0, 0.05) is 12.1 Å². The number of likely N-dealkylation sites (N-methyl/N-ethyl adjacent to an activating group) is 1. The Kier molecular flexibility index (Phi) is 5.24. The third kappa shape index (κ3) is 3.74. The Bertz CT molecular complexity index is 708. The van der Waals surface area contributed by atoms with Crippen molar-refractivity contribution >= 4 is 35.4 Å². The van der Waals surface area contributed by atoms with Crippen molar-refractivity contribution in [2.45, 2.75) is 0 Å². The molecule has 1 aliphatic heterocycles. The van der Waals surface area contributed by atoms with Crippen molar-refractivity contribution in [3.05, 3.63) is 28.8 Å². The van der Waals surface area contributed by atoms with Gasteiger partial charge in [-0.05, 0) is 18.2 Å². The molecule has 1 heterocycles. The molecule has 2 rings (SSSR count). The Morgan fingerprint density at radius 2 is 2.00 bits per heavy atom. The molecule has 0 spiro atoms. The van der Waals surface area contributed by atoms with Gasteiger partial charge in [-0.2, -0.15) is 0 Å². The highest BCUT2D eigenvalue weighted by atomic mass is 35.5. The molecule has 0 radical (unpaired) electrons. The number of hydrazine groups is 1. The minimum absolute atomic E-state index is 0.0851. The van der Waals surface area contributed by atoms with Crippen LogP contribution in [0.25, 0.3) is 0 Å². The highest BCUT2D eigenvalue weighted by Gasteiger charge is 2.34. The lowest BCUT2D eigenvalue weighted by Crippen LogP contribution is -2.48. The zero-order valence-electron chi connectivity index (χ0n) is 13.0. The number of carbonyl (C=O) groups excluding carboxylic acids is 4. The van der Waals surface area contributed by atoms with Crippen molar-refractivity contribution in [1.29, 1.82) is 0 Å². The minimum Gasteiger partial charge on any atom is -0.496 e. The predicted octanol–water partition coefficient (Wildman–Crippen LogP) is 0.00360. The van der Waals surface area contributed by atoms with Gasteiger partial charge in [-0.1, -0.05) is 11.6 Å². The number of methoxy groups -OCH3 is 1. The maximum absolute atomic E-state index is 12.1. The van der Waals surface area contributed by atoms with Crippen molar-refractivity contribution in [1.82, 2.24) is 20.7 Å². The molecule has 1 aromatic rings. The standard InChI is InChI=1S/C14H15ClN4O5/c1-18-7-12(21)19(14(18)23)6-11(20)16-17-13(22)9-5-8(15)3-4-10(9)24-2/h3-5H,6-7H2,1-2H3,(H,16,20)(H,17,22). The van der Waals surface area contributed by atoms with E-state index in [2.05, 4.69) is 10.9 Å². The second-order valence-corrected chi connectivity index (χ2v) is 5.40. The highest BCUT2D eigenvalue weighted by Crippen LogP contribution is 2.22. The van der Waals surface area contributed by atoms with Crippen molar-refractivity contribution in [2.75, 3.05) is 27.2 Å². The average Bonchev–Trinajstić information content (AvgIpc) is 2.78. The number of urea groups is 1. The Morgan fingerprint density at radius 1 is 1.29 bits per heavy atom. The first-order valence-corrected chi connectivity index (χ1v) is 7.19. The van der Waals surface area contributed by atoms with E-state index in [-0.39, 0.29) is 17.9 Å². The molecule has 24 heavy (non-hydrogen) atoms. The van der Waals surface area contributed by atoms with Gasteiger partial charge in [-0.15, -0.1) is 0 Å². The molecule has 0 aromatic heterocycles. The highest BCUT2D eigenvalue weighted by molar-refractivity contribution is 6.31. The maximum atomic E-state index is 12.1. The van der Waals surface area contributed by atoms with Gasteiger partial charge in [0.25, 0.3) is 17.7 Å². The van der Waals surface area contributed by atoms with E-state index in [1.807, 2.05) is 0 Å². The summed E-state index contributed by atoms with van der Waals surface area (Å²) in [6.07, 6.45) is 0. The van der Waals surface area contributed by atoms with E-state index in [1.54, 1.807) is 6.07 Å². The summed E-state index contributed by atoms with van der Waals surface area (Å²) in [5.41, 5.74) is 4.43. The van der Waals surface area contributed by atoms with Crippen molar-refractivity contribution in [3.8, 4) is 5.75 Å². The summed E-state index contributed by atoms with van der Waals surface area (Å²) in [4.78, 5) is 49.1. The second-order valence-electron chi connectivity index (χ2n) is 4.97. The van der Waals surface area contributed by atoms with Gasteiger partial charge in [0.1, 0.15) is 18.8 Å². The average molecular weight is 355 g/mol. The minimum atomic E-state index is -0.721. The van der Waals surface area contributed by atoms with Crippen LogP contribution < -0.4 is 15.6 Å². The van der Waals surface area contributed by atoms with Gasteiger partial charge in [0.2, 0.25) is 0 Å². The molecule has 128 valence electrons. The first kappa shape index (κ1) is 17.5. The number of hydrogen-bond donors (Lipinski definition) is 2. The fourth-order valence-corrected chi connectivity index (χ4v) is 2.23. The maximum Gasteiger partial charge on any atom is 0.327 e. The summed E-state index contributed by atoms with van der Waals surface area (Å²) in [6, 6.07) is 3.87. The largest absolute Gasteiger partial charge is 0.496 e. The number of benzene rings is 1. The first-order chi connectivity index (χ1) is 11.3. The van der Waals surface area contributed by atoms with E-state index in [0.717, 1.165) is 4.90 Å². The molecule has 5 amide bonds. The lowest BCUT2D eigenvalue weighted by atomic mass is 10.2. The summed E-state index contributed by atoms with van der Waals surface area (Å²) in [7, 11) is 2.84. The van der Waals surface area contributed by atoms with E-state index in [0.29, 0.717) is 5.02 Å². The number of nitrogens with one attached hydrogen (secondary N) is 2. The number of amides is 5. The SMILES string of the molecule is COc1ccc(Cl)cc1C(=O)NNC(=O)CN1C(=O)CN(C)C1=O. The molecular formula is C14H15ClN4O5. The number of imide groups is 1. The lowest BCUT2D eigenvalue weighted by molar-refractivity contribution is -0.131. The number of rotatable bonds is 4. The van der Waals surface area contributed by atoms with Crippen LogP contribution in [0.1, 0.15) is 10.4 Å². The fraction of sp³-hybridized carbons (Fsp3) is 0.286. The van der Waals surface area contributed by atoms with E-state index in [1.165, 1.54) is 31.2 Å².